The van der Waals surface area contributed by atoms with Crippen molar-refractivity contribution in [2.75, 3.05) is 6.61 Å². The molecule has 16 heavy (non-hydrogen) atoms. The molecule has 0 aliphatic carbocycles. The van der Waals surface area contributed by atoms with Gasteiger partial charge in [0.05, 0.1) is 16.0 Å². The van der Waals surface area contributed by atoms with Gasteiger partial charge in [0, 0.05) is 12.1 Å². The van der Waals surface area contributed by atoms with Crippen LogP contribution in [0.4, 0.5) is 10.1 Å². The Hall–Kier alpha value is -1.50. The van der Waals surface area contributed by atoms with E-state index in [0.717, 1.165) is 12.1 Å². The number of hydrogen-bond acceptors (Lipinski definition) is 4. The van der Waals surface area contributed by atoms with E-state index in [4.69, 9.17) is 0 Å². The van der Waals surface area contributed by atoms with E-state index in [2.05, 4.69) is 20.7 Å². The van der Waals surface area contributed by atoms with Crippen molar-refractivity contribution in [2.24, 2.45) is 0 Å². The van der Waals surface area contributed by atoms with Gasteiger partial charge in [0.2, 0.25) is 0 Å². The van der Waals surface area contributed by atoms with Gasteiger partial charge in [-0.05, 0) is 22.9 Å². The van der Waals surface area contributed by atoms with Crippen LogP contribution in [0.2, 0.25) is 0 Å². The second-order valence-corrected chi connectivity index (χ2v) is 3.62. The molecule has 0 spiro atoms. The molecule has 7 heteroatoms. The lowest BCUT2D eigenvalue weighted by molar-refractivity contribution is -0.385. The van der Waals surface area contributed by atoms with Crippen LogP contribution in [0.1, 0.15) is 17.3 Å². The first-order valence-corrected chi connectivity index (χ1v) is 5.07. The summed E-state index contributed by atoms with van der Waals surface area (Å²) >= 11 is 2.80. The minimum atomic E-state index is -0.926. The summed E-state index contributed by atoms with van der Waals surface area (Å²) in [4.78, 5) is 21.1. The number of carbonyl (C=O) groups excluding carboxylic acids is 1. The maximum atomic E-state index is 13.4. The van der Waals surface area contributed by atoms with E-state index in [-0.39, 0.29) is 16.8 Å². The molecule has 0 fully saturated rings. The summed E-state index contributed by atoms with van der Waals surface area (Å²) in [6.45, 7) is 1.63. The molecule has 0 radical (unpaired) electrons. The van der Waals surface area contributed by atoms with Crippen molar-refractivity contribution < 1.29 is 18.8 Å². The van der Waals surface area contributed by atoms with Crippen LogP contribution < -0.4 is 0 Å². The minimum Gasteiger partial charge on any atom is -0.462 e. The SMILES string of the molecule is CCOC(=O)c1cc([N+](=O)[O-])cc(Br)c1F. The highest BCUT2D eigenvalue weighted by molar-refractivity contribution is 9.10. The quantitative estimate of drug-likeness (QED) is 0.488. The fraction of sp³-hybridized carbons (Fsp3) is 0.222. The van der Waals surface area contributed by atoms with Crippen LogP contribution in [-0.2, 0) is 4.74 Å². The Morgan fingerprint density at radius 2 is 2.25 bits per heavy atom. The first-order chi connectivity index (χ1) is 7.47. The monoisotopic (exact) mass is 291 g/mol. The summed E-state index contributed by atoms with van der Waals surface area (Å²) in [5.74, 6) is -1.80. The van der Waals surface area contributed by atoms with Crippen molar-refractivity contribution in [3.05, 3.63) is 38.1 Å². The maximum absolute atomic E-state index is 13.4. The third-order valence-corrected chi connectivity index (χ3v) is 2.30. The Bertz CT molecular complexity index is 449. The minimum absolute atomic E-state index is 0.0680. The lowest BCUT2D eigenvalue weighted by Crippen LogP contribution is -2.08. The number of rotatable bonds is 3. The van der Waals surface area contributed by atoms with Crippen LogP contribution in [0.15, 0.2) is 16.6 Å². The van der Waals surface area contributed by atoms with Crippen molar-refractivity contribution in [1.82, 2.24) is 0 Å². The topological polar surface area (TPSA) is 69.4 Å². The van der Waals surface area contributed by atoms with E-state index in [1.807, 2.05) is 0 Å². The smallest absolute Gasteiger partial charge is 0.341 e. The highest BCUT2D eigenvalue weighted by atomic mass is 79.9. The average Bonchev–Trinajstić information content (AvgIpc) is 2.21. The molecule has 86 valence electrons. The van der Waals surface area contributed by atoms with E-state index < -0.39 is 22.3 Å². The number of esters is 1. The highest BCUT2D eigenvalue weighted by Gasteiger charge is 2.21. The van der Waals surface area contributed by atoms with Gasteiger partial charge < -0.3 is 4.74 Å². The first-order valence-electron chi connectivity index (χ1n) is 4.28. The Balaban J connectivity index is 3.26. The Morgan fingerprint density at radius 1 is 1.62 bits per heavy atom. The maximum Gasteiger partial charge on any atom is 0.341 e. The molecule has 0 heterocycles. The van der Waals surface area contributed by atoms with Gasteiger partial charge in [-0.25, -0.2) is 9.18 Å². The molecular weight excluding hydrogens is 285 g/mol. The Kier molecular flexibility index (Phi) is 3.94. The normalized spacial score (nSPS) is 9.94. The molecule has 0 aromatic heterocycles. The zero-order chi connectivity index (χ0) is 12.3. The van der Waals surface area contributed by atoms with Crippen LogP contribution in [0.5, 0.6) is 0 Å². The molecule has 0 unspecified atom stereocenters. The molecule has 0 N–H and O–H groups in total. The highest BCUT2D eigenvalue weighted by Crippen LogP contribution is 2.26. The molecular formula is C9H7BrFNO4. The zero-order valence-corrected chi connectivity index (χ0v) is 9.78. The summed E-state index contributed by atoms with van der Waals surface area (Å²) in [7, 11) is 0. The lowest BCUT2D eigenvalue weighted by Gasteiger charge is -2.04. The first kappa shape index (κ1) is 12.6. The van der Waals surface area contributed by atoms with Crippen molar-refractivity contribution >= 4 is 27.6 Å². The molecule has 0 aliphatic heterocycles. The number of hydrogen-bond donors (Lipinski definition) is 0. The third kappa shape index (κ3) is 2.54. The van der Waals surface area contributed by atoms with E-state index in [9.17, 15) is 19.3 Å². The number of carbonyl (C=O) groups is 1. The number of non-ortho nitro benzene ring substituents is 1. The number of ether oxygens (including phenoxy) is 1. The van der Waals surface area contributed by atoms with Gasteiger partial charge in [-0.2, -0.15) is 0 Å². The van der Waals surface area contributed by atoms with Gasteiger partial charge in [-0.1, -0.05) is 0 Å². The summed E-state index contributed by atoms with van der Waals surface area (Å²) in [6, 6.07) is 1.83. The van der Waals surface area contributed by atoms with Crippen molar-refractivity contribution in [1.29, 1.82) is 0 Å². The summed E-state index contributed by atoms with van der Waals surface area (Å²) in [5, 5.41) is 10.5. The van der Waals surface area contributed by atoms with Gasteiger partial charge in [-0.3, -0.25) is 10.1 Å². The van der Waals surface area contributed by atoms with Crippen molar-refractivity contribution in [3.63, 3.8) is 0 Å². The molecule has 0 atom stereocenters. The Morgan fingerprint density at radius 3 is 2.75 bits per heavy atom. The van der Waals surface area contributed by atoms with E-state index in [0.29, 0.717) is 0 Å². The van der Waals surface area contributed by atoms with Gasteiger partial charge >= 0.3 is 5.97 Å². The molecule has 1 aromatic carbocycles. The molecule has 0 aliphatic rings. The van der Waals surface area contributed by atoms with Gasteiger partial charge in [0.1, 0.15) is 5.56 Å². The number of nitro groups is 1. The second-order valence-electron chi connectivity index (χ2n) is 2.77. The number of nitrogens with zero attached hydrogens (tertiary/aromatic N) is 1. The van der Waals surface area contributed by atoms with Crippen molar-refractivity contribution in [2.45, 2.75) is 6.92 Å². The third-order valence-electron chi connectivity index (χ3n) is 1.72. The molecule has 0 saturated heterocycles. The van der Waals surface area contributed by atoms with Gasteiger partial charge in [-0.15, -0.1) is 0 Å². The molecule has 5 nitrogen and oxygen atoms in total. The molecule has 0 saturated carbocycles. The predicted octanol–water partition coefficient (Wildman–Crippen LogP) is 2.67. The summed E-state index contributed by atoms with van der Waals surface area (Å²) in [5.41, 5.74) is -0.834. The molecule has 1 rings (SSSR count). The average molecular weight is 292 g/mol. The predicted molar refractivity (Wildman–Crippen MR) is 56.7 cm³/mol. The summed E-state index contributed by atoms with van der Waals surface area (Å²) < 4.78 is 17.9. The fourth-order valence-electron chi connectivity index (χ4n) is 1.04. The number of benzene rings is 1. The van der Waals surface area contributed by atoms with E-state index in [1.54, 1.807) is 6.92 Å². The molecule has 1 aromatic rings. The van der Waals surface area contributed by atoms with E-state index in [1.165, 1.54) is 0 Å². The van der Waals surface area contributed by atoms with Crippen LogP contribution in [0.3, 0.4) is 0 Å². The number of halogens is 2. The Labute approximate surface area is 98.5 Å². The van der Waals surface area contributed by atoms with Crippen molar-refractivity contribution in [3.8, 4) is 0 Å². The van der Waals surface area contributed by atoms with Gasteiger partial charge in [0.25, 0.3) is 5.69 Å². The summed E-state index contributed by atoms with van der Waals surface area (Å²) in [6.07, 6.45) is 0. The van der Waals surface area contributed by atoms with Crippen LogP contribution >= 0.6 is 15.9 Å². The van der Waals surface area contributed by atoms with Gasteiger partial charge in [0.15, 0.2) is 5.82 Å². The largest absolute Gasteiger partial charge is 0.462 e. The second kappa shape index (κ2) is 5.02. The van der Waals surface area contributed by atoms with Crippen LogP contribution in [0, 0.1) is 15.9 Å². The molecule has 0 amide bonds. The number of nitro benzene ring substituents is 1. The van der Waals surface area contributed by atoms with Crippen LogP contribution in [0.25, 0.3) is 0 Å². The van der Waals surface area contributed by atoms with E-state index >= 15 is 0 Å². The van der Waals surface area contributed by atoms with Crippen LogP contribution in [-0.4, -0.2) is 17.5 Å². The molecule has 0 bridgehead atoms. The fourth-order valence-corrected chi connectivity index (χ4v) is 1.49. The lowest BCUT2D eigenvalue weighted by atomic mass is 10.2. The standard InChI is InChI=1S/C9H7BrFNO4/c1-2-16-9(13)6-3-5(12(14)15)4-7(10)8(6)11/h3-4H,2H2,1H3. The zero-order valence-electron chi connectivity index (χ0n) is 8.20.